The summed E-state index contributed by atoms with van der Waals surface area (Å²) in [5.41, 5.74) is 3.14. The summed E-state index contributed by atoms with van der Waals surface area (Å²) in [7, 11) is -1.86. The third-order valence-corrected chi connectivity index (χ3v) is 2.39. The number of aromatic nitrogens is 2. The molecule has 0 aliphatic carbocycles. The first-order chi connectivity index (χ1) is 8.43. The van der Waals surface area contributed by atoms with Crippen molar-refractivity contribution in [3.63, 3.8) is 0 Å². The van der Waals surface area contributed by atoms with E-state index in [1.54, 1.807) is 27.7 Å². The van der Waals surface area contributed by atoms with E-state index >= 15 is 0 Å². The maximum Gasteiger partial charge on any atom is 0.707 e. The molecule has 0 aromatic carbocycles. The van der Waals surface area contributed by atoms with Gasteiger partial charge >= 0.3 is 7.32 Å². The minimum Gasteiger partial charge on any atom is -0.509 e. The highest BCUT2D eigenvalue weighted by Gasteiger charge is 2.31. The molecule has 0 saturated carbocycles. The first-order valence-corrected chi connectivity index (χ1v) is 5.48. The third kappa shape index (κ3) is 7.57. The number of aliphatic hydroxyl groups is 2. The minimum atomic E-state index is -1.86. The Bertz CT molecular complexity index is 360. The smallest absolute Gasteiger partial charge is 0.509 e. The molecule has 108 valence electrons. The maximum atomic E-state index is 9.10. The summed E-state index contributed by atoms with van der Waals surface area (Å²) in [6, 6.07) is 0. The Kier molecular flexibility index (Phi) is 6.17. The zero-order valence-corrected chi connectivity index (χ0v) is 11.4. The molecule has 1 rings (SSSR count). The Morgan fingerprint density at radius 1 is 1.05 bits per heavy atom. The molecule has 9 heteroatoms. The van der Waals surface area contributed by atoms with E-state index in [2.05, 4.69) is 14.6 Å². The van der Waals surface area contributed by atoms with Gasteiger partial charge < -0.3 is 30.6 Å². The van der Waals surface area contributed by atoms with Crippen molar-refractivity contribution in [2.75, 3.05) is 5.73 Å². The normalized spacial score (nSPS) is 11.4. The molecule has 0 aliphatic rings. The van der Waals surface area contributed by atoms with Gasteiger partial charge in [0.25, 0.3) is 0 Å². The number of nitrogens with two attached hydrogens (primary N) is 1. The van der Waals surface area contributed by atoms with Gasteiger partial charge in [0.15, 0.2) is 0 Å². The van der Waals surface area contributed by atoms with Crippen LogP contribution >= 0.6 is 0 Å². The van der Waals surface area contributed by atoms with Gasteiger partial charge in [-0.05, 0) is 27.7 Å². The summed E-state index contributed by atoms with van der Waals surface area (Å²) in [4.78, 5) is 7.10. The van der Waals surface area contributed by atoms with Crippen LogP contribution in [0.4, 0.5) is 5.95 Å². The minimum absolute atomic E-state index is 0.102. The lowest BCUT2D eigenvalue weighted by atomic mass is 9.90. The largest absolute Gasteiger partial charge is 0.707 e. The van der Waals surface area contributed by atoms with Crippen LogP contribution in [0.25, 0.3) is 0 Å². The van der Waals surface area contributed by atoms with Gasteiger partial charge in [0.1, 0.15) is 5.75 Å². The summed E-state index contributed by atoms with van der Waals surface area (Å²) in [6.45, 7) is 6.31. The first-order valence-electron chi connectivity index (χ1n) is 5.48. The Morgan fingerprint density at radius 3 is 1.68 bits per heavy atom. The Morgan fingerprint density at radius 2 is 1.42 bits per heavy atom. The van der Waals surface area contributed by atoms with Crippen LogP contribution in [0.2, 0.25) is 0 Å². The molecule has 0 bridgehead atoms. The van der Waals surface area contributed by atoms with Gasteiger partial charge in [-0.15, -0.1) is 0 Å². The molecule has 0 atom stereocenters. The van der Waals surface area contributed by atoms with Gasteiger partial charge in [0.2, 0.25) is 5.95 Å². The van der Waals surface area contributed by atoms with Crippen molar-refractivity contribution >= 4 is 13.3 Å². The second-order valence-corrected chi connectivity index (χ2v) is 4.84. The van der Waals surface area contributed by atoms with Crippen LogP contribution in [0.5, 0.6) is 5.75 Å². The molecule has 0 aliphatic heterocycles. The highest BCUT2D eigenvalue weighted by Crippen LogP contribution is 2.19. The van der Waals surface area contributed by atoms with E-state index in [4.69, 9.17) is 26.0 Å². The molecule has 8 nitrogen and oxygen atoms in total. The fourth-order valence-electron chi connectivity index (χ4n) is 0.509. The predicted molar refractivity (Wildman–Crippen MR) is 69.9 cm³/mol. The molecular formula is C10H20BN3O5. The molecule has 0 saturated heterocycles. The zero-order chi connectivity index (χ0) is 15.3. The quantitative estimate of drug-likeness (QED) is 0.438. The van der Waals surface area contributed by atoms with Crippen LogP contribution in [0, 0.1) is 0 Å². The van der Waals surface area contributed by atoms with Crippen LogP contribution < -0.4 is 10.4 Å². The summed E-state index contributed by atoms with van der Waals surface area (Å²) < 4.78 is 4.40. The SMILES string of the molecule is CC(C)(O)C(C)(C)O.Nc1ncc(OB(O)O)cn1. The van der Waals surface area contributed by atoms with Gasteiger partial charge in [-0.1, -0.05) is 0 Å². The molecule has 0 spiro atoms. The van der Waals surface area contributed by atoms with E-state index in [1.807, 2.05) is 0 Å². The van der Waals surface area contributed by atoms with Gasteiger partial charge in [-0.3, -0.25) is 0 Å². The van der Waals surface area contributed by atoms with E-state index in [-0.39, 0.29) is 11.7 Å². The number of hydrogen-bond acceptors (Lipinski definition) is 8. The van der Waals surface area contributed by atoms with Crippen LogP contribution in [-0.2, 0) is 0 Å². The fourth-order valence-corrected chi connectivity index (χ4v) is 0.509. The number of rotatable bonds is 3. The van der Waals surface area contributed by atoms with Gasteiger partial charge in [0.05, 0.1) is 23.6 Å². The molecule has 0 amide bonds. The van der Waals surface area contributed by atoms with Crippen molar-refractivity contribution < 1.29 is 24.9 Å². The van der Waals surface area contributed by atoms with Crippen LogP contribution in [0.3, 0.4) is 0 Å². The predicted octanol–water partition coefficient (Wildman–Crippen LogP) is -1.06. The first kappa shape index (κ1) is 17.6. The summed E-state index contributed by atoms with van der Waals surface area (Å²) >= 11 is 0. The van der Waals surface area contributed by atoms with Crippen molar-refractivity contribution in [2.24, 2.45) is 0 Å². The topological polar surface area (TPSA) is 142 Å². The van der Waals surface area contributed by atoms with Crippen LogP contribution in [-0.4, -0.2) is 48.8 Å². The Balaban J connectivity index is 0.000000362. The average Bonchev–Trinajstić information content (AvgIpc) is 2.18. The lowest BCUT2D eigenvalue weighted by molar-refractivity contribution is -0.107. The lowest BCUT2D eigenvalue weighted by Gasteiger charge is -2.31. The van der Waals surface area contributed by atoms with Gasteiger partial charge in [0, 0.05) is 0 Å². The van der Waals surface area contributed by atoms with Crippen molar-refractivity contribution in [3.05, 3.63) is 12.4 Å². The van der Waals surface area contributed by atoms with E-state index in [0.29, 0.717) is 0 Å². The summed E-state index contributed by atoms with van der Waals surface area (Å²) in [5.74, 6) is 0.249. The Labute approximate surface area is 112 Å². The molecule has 0 radical (unpaired) electrons. The molecule has 6 N–H and O–H groups in total. The standard InChI is InChI=1S/C6H14O2.C4H6BN3O3/c1-5(2,7)6(3,4)8;6-4-7-1-3(2-8-4)11-5(9)10/h7-8H,1-4H3;1-2,9-10H,(H2,6,7,8). The molecule has 0 fully saturated rings. The lowest BCUT2D eigenvalue weighted by Crippen LogP contribution is -2.44. The number of nitrogen functional groups attached to an aromatic ring is 1. The zero-order valence-electron chi connectivity index (χ0n) is 11.4. The third-order valence-electron chi connectivity index (χ3n) is 2.39. The van der Waals surface area contributed by atoms with Gasteiger partial charge in [-0.25, -0.2) is 9.97 Å². The van der Waals surface area contributed by atoms with Gasteiger partial charge in [-0.2, -0.15) is 0 Å². The average molecular weight is 273 g/mol. The van der Waals surface area contributed by atoms with Crippen molar-refractivity contribution in [2.45, 2.75) is 38.9 Å². The van der Waals surface area contributed by atoms with Crippen LogP contribution in [0.1, 0.15) is 27.7 Å². The van der Waals surface area contributed by atoms with Crippen molar-refractivity contribution in [1.82, 2.24) is 9.97 Å². The molecule has 0 unspecified atom stereocenters. The van der Waals surface area contributed by atoms with Crippen LogP contribution in [0.15, 0.2) is 12.4 Å². The summed E-state index contributed by atoms with van der Waals surface area (Å²) in [5, 5.41) is 34.9. The highest BCUT2D eigenvalue weighted by atomic mass is 16.6. The number of anilines is 1. The number of nitrogens with zero attached hydrogens (tertiary/aromatic N) is 2. The highest BCUT2D eigenvalue weighted by molar-refractivity contribution is 6.33. The van der Waals surface area contributed by atoms with E-state index in [1.165, 1.54) is 12.4 Å². The second kappa shape index (κ2) is 6.66. The fraction of sp³-hybridized carbons (Fsp3) is 0.600. The molecular weight excluding hydrogens is 253 g/mol. The Hall–Kier alpha value is -1.42. The molecule has 1 aromatic heterocycles. The van der Waals surface area contributed by atoms with Crippen molar-refractivity contribution in [1.29, 1.82) is 0 Å². The maximum absolute atomic E-state index is 9.10. The van der Waals surface area contributed by atoms with E-state index in [0.717, 1.165) is 0 Å². The van der Waals surface area contributed by atoms with Crippen molar-refractivity contribution in [3.8, 4) is 5.75 Å². The second-order valence-electron chi connectivity index (χ2n) is 4.84. The number of hydrogen-bond donors (Lipinski definition) is 5. The molecule has 19 heavy (non-hydrogen) atoms. The van der Waals surface area contributed by atoms with E-state index < -0.39 is 18.5 Å². The molecule has 1 aromatic rings. The summed E-state index contributed by atoms with van der Waals surface area (Å²) in [6.07, 6.45) is 2.48. The molecule has 1 heterocycles. The van der Waals surface area contributed by atoms with E-state index in [9.17, 15) is 0 Å². The monoisotopic (exact) mass is 273 g/mol.